The Morgan fingerprint density at radius 2 is 2.14 bits per heavy atom. The Bertz CT molecular complexity index is 513. The zero-order chi connectivity index (χ0) is 15.1. The van der Waals surface area contributed by atoms with Gasteiger partial charge in [0.1, 0.15) is 5.75 Å². The molecule has 0 atom stereocenters. The lowest BCUT2D eigenvalue weighted by Crippen LogP contribution is -2.36. The number of nitrogens with two attached hydrogens (primary N) is 1. The van der Waals surface area contributed by atoms with E-state index in [-0.39, 0.29) is 0 Å². The first-order valence-electron chi connectivity index (χ1n) is 7.38. The van der Waals surface area contributed by atoms with Crippen molar-refractivity contribution in [1.82, 2.24) is 4.90 Å². The van der Waals surface area contributed by atoms with E-state index in [0.717, 1.165) is 43.9 Å². The molecule has 0 unspecified atom stereocenters. The van der Waals surface area contributed by atoms with Crippen molar-refractivity contribution in [3.8, 4) is 17.6 Å². The first kappa shape index (κ1) is 15.8. The summed E-state index contributed by atoms with van der Waals surface area (Å²) >= 11 is 0. The molecule has 1 aliphatic rings. The van der Waals surface area contributed by atoms with Crippen LogP contribution in [0.15, 0.2) is 18.2 Å². The fourth-order valence-electron chi connectivity index (χ4n) is 2.64. The highest BCUT2D eigenvalue weighted by Gasteiger charge is 2.18. The highest BCUT2D eigenvalue weighted by Crippen LogP contribution is 2.21. The lowest BCUT2D eigenvalue weighted by molar-refractivity contribution is 0.0407. The Balaban J connectivity index is 2.08. The molecule has 114 valence electrons. The number of benzene rings is 1. The van der Waals surface area contributed by atoms with Crippen molar-refractivity contribution in [2.45, 2.75) is 25.4 Å². The molecule has 1 aromatic rings. The molecule has 4 heteroatoms. The lowest BCUT2D eigenvalue weighted by Gasteiger charge is -2.31. The first-order valence-corrected chi connectivity index (χ1v) is 7.38. The van der Waals surface area contributed by atoms with Crippen LogP contribution in [0.5, 0.6) is 5.75 Å². The molecular formula is C17H24N2O2. The second-order valence-electron chi connectivity index (χ2n) is 5.30. The van der Waals surface area contributed by atoms with Crippen molar-refractivity contribution < 1.29 is 9.47 Å². The normalized spacial score (nSPS) is 15.6. The summed E-state index contributed by atoms with van der Waals surface area (Å²) in [4.78, 5) is 2.39. The second-order valence-corrected chi connectivity index (χ2v) is 5.30. The molecule has 0 amide bonds. The van der Waals surface area contributed by atoms with Gasteiger partial charge in [-0.05, 0) is 37.6 Å². The molecule has 1 saturated heterocycles. The summed E-state index contributed by atoms with van der Waals surface area (Å²) in [6, 6.07) is 6.77. The maximum atomic E-state index is 5.45. The molecule has 0 saturated carbocycles. The van der Waals surface area contributed by atoms with Crippen molar-refractivity contribution >= 4 is 0 Å². The van der Waals surface area contributed by atoms with Gasteiger partial charge in [0.15, 0.2) is 0 Å². The second kappa shape index (κ2) is 8.04. The number of nitrogens with zero attached hydrogens (tertiary/aromatic N) is 1. The maximum Gasteiger partial charge on any atom is 0.134 e. The minimum Gasteiger partial charge on any atom is -0.495 e. The third-order valence-corrected chi connectivity index (χ3v) is 3.84. The van der Waals surface area contributed by atoms with E-state index in [1.165, 1.54) is 5.56 Å². The molecule has 1 heterocycles. The highest BCUT2D eigenvalue weighted by molar-refractivity contribution is 5.48. The summed E-state index contributed by atoms with van der Waals surface area (Å²) in [6.45, 7) is 3.00. The van der Waals surface area contributed by atoms with Crippen LogP contribution in [0.1, 0.15) is 24.0 Å². The molecular weight excluding hydrogens is 264 g/mol. The molecule has 4 nitrogen and oxygen atoms in total. The number of methoxy groups -OCH3 is 1. The molecule has 2 N–H and O–H groups in total. The van der Waals surface area contributed by atoms with Gasteiger partial charge in [0.05, 0.1) is 19.2 Å². The van der Waals surface area contributed by atoms with Gasteiger partial charge in [0, 0.05) is 25.8 Å². The third-order valence-electron chi connectivity index (χ3n) is 3.84. The largest absolute Gasteiger partial charge is 0.495 e. The summed E-state index contributed by atoms with van der Waals surface area (Å²) in [5, 5.41) is 0. The zero-order valence-electron chi connectivity index (χ0n) is 12.9. The van der Waals surface area contributed by atoms with E-state index in [9.17, 15) is 0 Å². The minimum atomic E-state index is 0.357. The molecule has 1 aliphatic heterocycles. The van der Waals surface area contributed by atoms with Crippen LogP contribution in [0, 0.1) is 11.8 Å². The van der Waals surface area contributed by atoms with Crippen LogP contribution in [0.2, 0.25) is 0 Å². The van der Waals surface area contributed by atoms with Gasteiger partial charge >= 0.3 is 0 Å². The SMILES string of the molecule is COc1ccc(CN(C)C2CCOCC2)cc1C#CCN. The number of hydrogen-bond acceptors (Lipinski definition) is 4. The van der Waals surface area contributed by atoms with E-state index in [1.807, 2.05) is 6.07 Å². The standard InChI is InChI=1S/C17H24N2O2/c1-19(16-7-10-21-11-8-16)13-14-5-6-17(20-2)15(12-14)4-3-9-18/h5-6,12,16H,7-11,13,18H2,1-2H3. The van der Waals surface area contributed by atoms with E-state index < -0.39 is 0 Å². The zero-order valence-corrected chi connectivity index (χ0v) is 12.9. The summed E-state index contributed by atoms with van der Waals surface area (Å²) in [6.07, 6.45) is 2.21. The predicted molar refractivity (Wildman–Crippen MR) is 84.2 cm³/mol. The number of hydrogen-bond donors (Lipinski definition) is 1. The Kier molecular flexibility index (Phi) is 6.06. The Morgan fingerprint density at radius 3 is 2.81 bits per heavy atom. The third kappa shape index (κ3) is 4.47. The Morgan fingerprint density at radius 1 is 1.38 bits per heavy atom. The van der Waals surface area contributed by atoms with Gasteiger partial charge in [-0.2, -0.15) is 0 Å². The monoisotopic (exact) mass is 288 g/mol. The smallest absolute Gasteiger partial charge is 0.134 e. The molecule has 0 aromatic heterocycles. The van der Waals surface area contributed by atoms with Crippen LogP contribution in [-0.2, 0) is 11.3 Å². The van der Waals surface area contributed by atoms with E-state index >= 15 is 0 Å². The van der Waals surface area contributed by atoms with E-state index in [0.29, 0.717) is 12.6 Å². The van der Waals surface area contributed by atoms with Gasteiger partial charge in [-0.3, -0.25) is 4.90 Å². The molecule has 1 fully saturated rings. The average Bonchev–Trinajstić information content (AvgIpc) is 2.54. The van der Waals surface area contributed by atoms with Crippen molar-refractivity contribution in [2.24, 2.45) is 5.73 Å². The number of rotatable bonds is 4. The predicted octanol–water partition coefficient (Wildman–Crippen LogP) is 1.62. The summed E-state index contributed by atoms with van der Waals surface area (Å²) in [5.74, 6) is 6.77. The lowest BCUT2D eigenvalue weighted by atomic mass is 10.1. The summed E-state index contributed by atoms with van der Waals surface area (Å²) < 4.78 is 10.8. The number of ether oxygens (including phenoxy) is 2. The van der Waals surface area contributed by atoms with Crippen LogP contribution in [0.25, 0.3) is 0 Å². The van der Waals surface area contributed by atoms with E-state index in [1.54, 1.807) is 7.11 Å². The van der Waals surface area contributed by atoms with Crippen molar-refractivity contribution in [1.29, 1.82) is 0 Å². The average molecular weight is 288 g/mol. The van der Waals surface area contributed by atoms with Crippen LogP contribution >= 0.6 is 0 Å². The van der Waals surface area contributed by atoms with Gasteiger partial charge in [-0.1, -0.05) is 17.9 Å². The molecule has 21 heavy (non-hydrogen) atoms. The molecule has 0 bridgehead atoms. The maximum absolute atomic E-state index is 5.45. The fraction of sp³-hybridized carbons (Fsp3) is 0.529. The highest BCUT2D eigenvalue weighted by atomic mass is 16.5. The van der Waals surface area contributed by atoms with E-state index in [4.69, 9.17) is 15.2 Å². The molecule has 0 radical (unpaired) electrons. The first-order chi connectivity index (χ1) is 10.2. The van der Waals surface area contributed by atoms with Crippen molar-refractivity contribution in [2.75, 3.05) is 33.9 Å². The molecule has 1 aromatic carbocycles. The summed E-state index contributed by atoms with van der Waals surface area (Å²) in [5.41, 5.74) is 7.59. The fourth-order valence-corrected chi connectivity index (χ4v) is 2.64. The Labute approximate surface area is 127 Å². The van der Waals surface area contributed by atoms with Crippen molar-refractivity contribution in [3.05, 3.63) is 29.3 Å². The Hall–Kier alpha value is -1.54. The topological polar surface area (TPSA) is 47.7 Å². The van der Waals surface area contributed by atoms with Gasteiger partial charge < -0.3 is 15.2 Å². The molecule has 2 rings (SSSR count). The quantitative estimate of drug-likeness (QED) is 0.855. The van der Waals surface area contributed by atoms with Crippen LogP contribution in [-0.4, -0.2) is 44.9 Å². The van der Waals surface area contributed by atoms with Crippen LogP contribution in [0.4, 0.5) is 0 Å². The molecule has 0 aliphatic carbocycles. The van der Waals surface area contributed by atoms with E-state index in [2.05, 4.69) is 35.9 Å². The van der Waals surface area contributed by atoms with Gasteiger partial charge in [-0.25, -0.2) is 0 Å². The van der Waals surface area contributed by atoms with Crippen molar-refractivity contribution in [3.63, 3.8) is 0 Å². The van der Waals surface area contributed by atoms with Gasteiger partial charge in [0.25, 0.3) is 0 Å². The molecule has 0 spiro atoms. The van der Waals surface area contributed by atoms with Gasteiger partial charge in [0.2, 0.25) is 0 Å². The van der Waals surface area contributed by atoms with Crippen LogP contribution < -0.4 is 10.5 Å². The van der Waals surface area contributed by atoms with Gasteiger partial charge in [-0.15, -0.1) is 0 Å². The van der Waals surface area contributed by atoms with Crippen LogP contribution in [0.3, 0.4) is 0 Å². The summed E-state index contributed by atoms with van der Waals surface area (Å²) in [7, 11) is 3.84. The minimum absolute atomic E-state index is 0.357.